The maximum absolute atomic E-state index is 12.4. The van der Waals surface area contributed by atoms with Gasteiger partial charge >= 0.3 is 5.97 Å². The number of anilines is 1. The lowest BCUT2D eigenvalue weighted by Gasteiger charge is -2.14. The van der Waals surface area contributed by atoms with Crippen molar-refractivity contribution in [3.8, 4) is 0 Å². The van der Waals surface area contributed by atoms with Gasteiger partial charge in [0.2, 0.25) is 17.7 Å². The summed E-state index contributed by atoms with van der Waals surface area (Å²) < 4.78 is 5.00. The first-order valence-corrected chi connectivity index (χ1v) is 9.99. The normalized spacial score (nSPS) is 20.1. The molecule has 1 heterocycles. The Kier molecular flexibility index (Phi) is 6.76. The number of fused-ring (bicyclic) bond motifs is 1. The molecule has 158 valence electrons. The average Bonchev–Trinajstić information content (AvgIpc) is 3.01. The maximum atomic E-state index is 12.4. The number of ether oxygens (including phenoxy) is 1. The van der Waals surface area contributed by atoms with Crippen LogP contribution in [0.15, 0.2) is 36.4 Å². The summed E-state index contributed by atoms with van der Waals surface area (Å²) >= 11 is 0. The number of benzene rings is 1. The summed E-state index contributed by atoms with van der Waals surface area (Å²) in [6.07, 6.45) is 5.10. The Balaban J connectivity index is 1.44. The number of ketones is 1. The predicted molar refractivity (Wildman–Crippen MR) is 107 cm³/mol. The number of rotatable bonds is 8. The number of Topliss-reactive ketones (excluding diaryl/α,β-unsaturated/α-hetero) is 1. The number of imide groups is 1. The molecular formula is C22H24N2O6. The van der Waals surface area contributed by atoms with Crippen LogP contribution in [0.1, 0.15) is 43.0 Å². The Morgan fingerprint density at radius 2 is 1.63 bits per heavy atom. The van der Waals surface area contributed by atoms with Crippen molar-refractivity contribution in [1.29, 1.82) is 0 Å². The molecule has 30 heavy (non-hydrogen) atoms. The smallest absolute Gasteiger partial charge is 0.308 e. The third-order valence-electron chi connectivity index (χ3n) is 5.31. The van der Waals surface area contributed by atoms with E-state index in [9.17, 15) is 24.0 Å². The number of nitrogens with one attached hydrogen (secondary N) is 1. The number of carbonyl (C=O) groups excluding carboxylic acids is 5. The maximum Gasteiger partial charge on any atom is 0.308 e. The van der Waals surface area contributed by atoms with Gasteiger partial charge in [0.1, 0.15) is 0 Å². The molecule has 0 radical (unpaired) electrons. The van der Waals surface area contributed by atoms with Crippen LogP contribution in [0, 0.1) is 11.8 Å². The van der Waals surface area contributed by atoms with Gasteiger partial charge in [0, 0.05) is 24.2 Å². The van der Waals surface area contributed by atoms with Crippen LogP contribution in [-0.4, -0.2) is 47.5 Å². The zero-order valence-corrected chi connectivity index (χ0v) is 16.8. The topological polar surface area (TPSA) is 110 Å². The van der Waals surface area contributed by atoms with E-state index >= 15 is 0 Å². The molecule has 1 fully saturated rings. The average molecular weight is 412 g/mol. The molecule has 0 spiro atoms. The van der Waals surface area contributed by atoms with E-state index in [2.05, 4.69) is 5.32 Å². The van der Waals surface area contributed by atoms with E-state index in [4.69, 9.17) is 4.74 Å². The van der Waals surface area contributed by atoms with Crippen molar-refractivity contribution in [2.45, 2.75) is 32.6 Å². The highest BCUT2D eigenvalue weighted by Crippen LogP contribution is 2.35. The molecular weight excluding hydrogens is 388 g/mol. The number of likely N-dealkylation sites (tertiary alicyclic amines) is 1. The van der Waals surface area contributed by atoms with Crippen molar-refractivity contribution in [3.05, 3.63) is 42.0 Å². The van der Waals surface area contributed by atoms with Crippen LogP contribution >= 0.6 is 0 Å². The first-order valence-electron chi connectivity index (χ1n) is 9.99. The second-order valence-corrected chi connectivity index (χ2v) is 7.30. The molecule has 0 saturated carbocycles. The van der Waals surface area contributed by atoms with E-state index in [1.807, 2.05) is 12.2 Å². The van der Waals surface area contributed by atoms with Crippen molar-refractivity contribution in [1.82, 2.24) is 4.90 Å². The number of nitrogens with zero attached hydrogens (tertiary/aromatic N) is 1. The first-order chi connectivity index (χ1) is 14.4. The van der Waals surface area contributed by atoms with Gasteiger partial charge in [-0.1, -0.05) is 19.1 Å². The number of amides is 3. The van der Waals surface area contributed by atoms with Crippen LogP contribution in [0.4, 0.5) is 5.69 Å². The highest BCUT2D eigenvalue weighted by Gasteiger charge is 2.46. The number of hydrogen-bond donors (Lipinski definition) is 1. The van der Waals surface area contributed by atoms with Gasteiger partial charge in [0.05, 0.1) is 18.3 Å². The Hall–Kier alpha value is -3.29. The lowest BCUT2D eigenvalue weighted by Crippen LogP contribution is -2.33. The summed E-state index contributed by atoms with van der Waals surface area (Å²) in [4.78, 5) is 61.4. The van der Waals surface area contributed by atoms with E-state index in [1.54, 1.807) is 31.2 Å². The summed E-state index contributed by atoms with van der Waals surface area (Å²) in [5.74, 6) is -2.31. The van der Waals surface area contributed by atoms with Crippen LogP contribution in [-0.2, 0) is 23.9 Å². The second-order valence-electron chi connectivity index (χ2n) is 7.30. The zero-order chi connectivity index (χ0) is 21.7. The Bertz CT molecular complexity index is 863. The summed E-state index contributed by atoms with van der Waals surface area (Å²) in [6.45, 7) is 1.27. The largest absolute Gasteiger partial charge is 0.457 e. The van der Waals surface area contributed by atoms with E-state index in [-0.39, 0.29) is 48.3 Å². The molecule has 1 aliphatic carbocycles. The number of carbonyl (C=O) groups is 5. The van der Waals surface area contributed by atoms with Gasteiger partial charge in [0.15, 0.2) is 12.4 Å². The van der Waals surface area contributed by atoms with Gasteiger partial charge in [0.25, 0.3) is 0 Å². The van der Waals surface area contributed by atoms with Gasteiger partial charge in [-0.25, -0.2) is 0 Å². The molecule has 1 aromatic carbocycles. The van der Waals surface area contributed by atoms with Gasteiger partial charge in [-0.15, -0.1) is 0 Å². The summed E-state index contributed by atoms with van der Waals surface area (Å²) in [5, 5.41) is 2.68. The van der Waals surface area contributed by atoms with Crippen molar-refractivity contribution in [2.75, 3.05) is 18.5 Å². The summed E-state index contributed by atoms with van der Waals surface area (Å²) in [6, 6.07) is 6.28. The molecule has 3 amide bonds. The Morgan fingerprint density at radius 3 is 2.20 bits per heavy atom. The lowest BCUT2D eigenvalue weighted by molar-refractivity contribution is -0.145. The number of allylic oxidation sites excluding steroid dienone is 2. The lowest BCUT2D eigenvalue weighted by atomic mass is 9.85. The van der Waals surface area contributed by atoms with Crippen molar-refractivity contribution in [2.24, 2.45) is 11.8 Å². The highest BCUT2D eigenvalue weighted by molar-refractivity contribution is 6.05. The van der Waals surface area contributed by atoms with Crippen molar-refractivity contribution in [3.63, 3.8) is 0 Å². The highest BCUT2D eigenvalue weighted by atomic mass is 16.5. The fourth-order valence-electron chi connectivity index (χ4n) is 3.58. The fourth-order valence-corrected chi connectivity index (χ4v) is 3.58. The molecule has 0 aromatic heterocycles. The minimum atomic E-state index is -0.649. The molecule has 0 unspecified atom stereocenters. The summed E-state index contributed by atoms with van der Waals surface area (Å²) in [5.41, 5.74) is 0.921. The zero-order valence-electron chi connectivity index (χ0n) is 16.8. The molecule has 8 nitrogen and oxygen atoms in total. The third kappa shape index (κ3) is 4.82. The monoisotopic (exact) mass is 412 g/mol. The Morgan fingerprint density at radius 1 is 1.03 bits per heavy atom. The standard InChI is InChI=1S/C22H24N2O6/c1-2-19(26)23-15-9-7-14(8-10-15)18(25)13-30-20(27)11-12-24-21(28)16-5-3-4-6-17(16)22(24)29/h3-4,7-10,16-17H,2,5-6,11-13H2,1H3,(H,23,26)/t16-,17+. The first kappa shape index (κ1) is 21.4. The van der Waals surface area contributed by atoms with E-state index in [0.29, 0.717) is 30.5 Å². The molecule has 8 heteroatoms. The number of hydrogen-bond acceptors (Lipinski definition) is 6. The van der Waals surface area contributed by atoms with Gasteiger partial charge in [-0.2, -0.15) is 0 Å². The minimum Gasteiger partial charge on any atom is -0.457 e. The van der Waals surface area contributed by atoms with Crippen LogP contribution < -0.4 is 5.32 Å². The van der Waals surface area contributed by atoms with Crippen molar-refractivity contribution >= 4 is 35.2 Å². The van der Waals surface area contributed by atoms with E-state index in [1.165, 1.54) is 0 Å². The molecule has 1 aromatic rings. The SMILES string of the molecule is CCC(=O)Nc1ccc(C(=O)COC(=O)CCN2C(=O)[C@H]3CC=CC[C@H]3C2=O)cc1. The Labute approximate surface area is 174 Å². The molecule has 2 aliphatic rings. The van der Waals surface area contributed by atoms with E-state index in [0.717, 1.165) is 4.90 Å². The second kappa shape index (κ2) is 9.47. The number of esters is 1. The fraction of sp³-hybridized carbons (Fsp3) is 0.409. The van der Waals surface area contributed by atoms with Crippen LogP contribution in [0.25, 0.3) is 0 Å². The molecule has 1 N–H and O–H groups in total. The van der Waals surface area contributed by atoms with Gasteiger partial charge in [-0.3, -0.25) is 28.9 Å². The minimum absolute atomic E-state index is 0.0382. The predicted octanol–water partition coefficient (Wildman–Crippen LogP) is 2.10. The van der Waals surface area contributed by atoms with Crippen LogP contribution in [0.2, 0.25) is 0 Å². The molecule has 0 bridgehead atoms. The molecule has 1 saturated heterocycles. The van der Waals surface area contributed by atoms with E-state index < -0.39 is 12.6 Å². The van der Waals surface area contributed by atoms with Crippen molar-refractivity contribution < 1.29 is 28.7 Å². The molecule has 2 atom stereocenters. The van der Waals surface area contributed by atoms with Crippen LogP contribution in [0.3, 0.4) is 0 Å². The molecule has 3 rings (SSSR count). The summed E-state index contributed by atoms with van der Waals surface area (Å²) in [7, 11) is 0. The van der Waals surface area contributed by atoms with Gasteiger partial charge < -0.3 is 10.1 Å². The quantitative estimate of drug-likeness (QED) is 0.303. The van der Waals surface area contributed by atoms with Crippen LogP contribution in [0.5, 0.6) is 0 Å². The van der Waals surface area contributed by atoms with Gasteiger partial charge in [-0.05, 0) is 37.1 Å². The third-order valence-corrected chi connectivity index (χ3v) is 5.31. The molecule has 1 aliphatic heterocycles.